The average molecular weight is 303 g/mol. The third-order valence-electron chi connectivity index (χ3n) is 3.62. The predicted octanol–water partition coefficient (Wildman–Crippen LogP) is 2.09. The molecule has 1 saturated heterocycles. The number of hydrogen-bond acceptors (Lipinski definition) is 3. The topological polar surface area (TPSA) is 63.4 Å². The number of sulfonamides is 1. The molecule has 1 aromatic carbocycles. The molecule has 2 rings (SSSR count). The number of piperidine rings is 1. The second kappa shape index (κ2) is 5.79. The van der Waals surface area contributed by atoms with Crippen LogP contribution < -0.4 is 5.73 Å². The van der Waals surface area contributed by atoms with E-state index in [2.05, 4.69) is 0 Å². The van der Waals surface area contributed by atoms with Crippen LogP contribution in [0.3, 0.4) is 0 Å². The fourth-order valence-corrected chi connectivity index (χ4v) is 4.44. The van der Waals surface area contributed by atoms with E-state index in [-0.39, 0.29) is 21.9 Å². The molecule has 6 heteroatoms. The van der Waals surface area contributed by atoms with Crippen LogP contribution >= 0.6 is 11.6 Å². The molecule has 4 nitrogen and oxygen atoms in total. The van der Waals surface area contributed by atoms with Gasteiger partial charge in [-0.1, -0.05) is 23.7 Å². The van der Waals surface area contributed by atoms with Gasteiger partial charge >= 0.3 is 0 Å². The first-order valence-electron chi connectivity index (χ1n) is 6.43. The molecule has 0 aliphatic carbocycles. The Balaban J connectivity index is 2.28. The summed E-state index contributed by atoms with van der Waals surface area (Å²) in [6.07, 6.45) is 1.82. The zero-order chi connectivity index (χ0) is 14.0. The van der Waals surface area contributed by atoms with Gasteiger partial charge in [0.05, 0.1) is 5.02 Å². The van der Waals surface area contributed by atoms with Crippen LogP contribution in [0.25, 0.3) is 0 Å². The molecule has 2 atom stereocenters. The van der Waals surface area contributed by atoms with Gasteiger partial charge in [-0.15, -0.1) is 0 Å². The van der Waals surface area contributed by atoms with Gasteiger partial charge in [0.25, 0.3) is 0 Å². The molecule has 0 spiro atoms. The lowest BCUT2D eigenvalue weighted by molar-refractivity contribution is 0.243. The van der Waals surface area contributed by atoms with E-state index in [1.165, 1.54) is 4.31 Å². The molecule has 0 bridgehead atoms. The van der Waals surface area contributed by atoms with Crippen LogP contribution in [0.15, 0.2) is 29.2 Å². The molecule has 1 aliphatic rings. The first kappa shape index (κ1) is 14.8. The minimum Gasteiger partial charge on any atom is -0.328 e. The number of hydrogen-bond donors (Lipinski definition) is 1. The molecule has 0 radical (unpaired) electrons. The maximum Gasteiger partial charge on any atom is 0.244 e. The normalized spacial score (nSPS) is 23.2. The Morgan fingerprint density at radius 1 is 1.42 bits per heavy atom. The second-order valence-corrected chi connectivity index (χ2v) is 7.37. The Labute approximate surface area is 119 Å². The van der Waals surface area contributed by atoms with Crippen LogP contribution in [0.4, 0.5) is 0 Å². The Bertz CT molecular complexity index is 545. The van der Waals surface area contributed by atoms with Crippen molar-refractivity contribution in [3.8, 4) is 0 Å². The standard InChI is InChI=1S/C13H19ClN2O2S/c1-10(15)11-5-4-8-16(9-11)19(17,18)13-7-3-2-6-12(13)14/h2-3,6-7,10-11H,4-5,8-9,15H2,1H3/t10-,11-/m0/s1. The minimum absolute atomic E-state index is 0.00393. The van der Waals surface area contributed by atoms with Gasteiger partial charge in [0, 0.05) is 19.1 Å². The molecule has 1 fully saturated rings. The highest BCUT2D eigenvalue weighted by atomic mass is 35.5. The summed E-state index contributed by atoms with van der Waals surface area (Å²) in [7, 11) is -3.51. The molecule has 0 saturated carbocycles. The predicted molar refractivity (Wildman–Crippen MR) is 76.6 cm³/mol. The SMILES string of the molecule is C[C@H](N)[C@H]1CCCN(S(=O)(=O)c2ccccc2Cl)C1. The number of nitrogens with zero attached hydrogens (tertiary/aromatic N) is 1. The summed E-state index contributed by atoms with van der Waals surface area (Å²) in [5.41, 5.74) is 5.89. The number of halogens is 1. The highest BCUT2D eigenvalue weighted by Gasteiger charge is 2.32. The van der Waals surface area contributed by atoms with E-state index in [4.69, 9.17) is 17.3 Å². The third kappa shape index (κ3) is 3.11. The van der Waals surface area contributed by atoms with Crippen LogP contribution in [0.5, 0.6) is 0 Å². The van der Waals surface area contributed by atoms with Crippen molar-refractivity contribution in [3.05, 3.63) is 29.3 Å². The highest BCUT2D eigenvalue weighted by molar-refractivity contribution is 7.89. The number of rotatable bonds is 3. The van der Waals surface area contributed by atoms with Gasteiger partial charge < -0.3 is 5.73 Å². The Morgan fingerprint density at radius 3 is 2.74 bits per heavy atom. The average Bonchev–Trinajstić information content (AvgIpc) is 2.39. The van der Waals surface area contributed by atoms with Crippen molar-refractivity contribution in [1.29, 1.82) is 0 Å². The summed E-state index contributed by atoms with van der Waals surface area (Å²) >= 11 is 6.00. The van der Waals surface area contributed by atoms with E-state index in [1.807, 2.05) is 6.92 Å². The van der Waals surface area contributed by atoms with Crippen molar-refractivity contribution in [1.82, 2.24) is 4.31 Å². The fourth-order valence-electron chi connectivity index (χ4n) is 2.41. The molecule has 1 aromatic rings. The van der Waals surface area contributed by atoms with E-state index in [0.29, 0.717) is 13.1 Å². The van der Waals surface area contributed by atoms with Crippen molar-refractivity contribution in [2.75, 3.05) is 13.1 Å². The third-order valence-corrected chi connectivity index (χ3v) is 5.98. The van der Waals surface area contributed by atoms with E-state index in [1.54, 1.807) is 24.3 Å². The van der Waals surface area contributed by atoms with E-state index in [0.717, 1.165) is 12.8 Å². The summed E-state index contributed by atoms with van der Waals surface area (Å²) in [5, 5.41) is 0.269. The summed E-state index contributed by atoms with van der Waals surface area (Å²) in [6.45, 7) is 2.94. The van der Waals surface area contributed by atoms with Gasteiger partial charge in [-0.2, -0.15) is 4.31 Å². The zero-order valence-corrected chi connectivity index (χ0v) is 12.5. The molecule has 19 heavy (non-hydrogen) atoms. The van der Waals surface area contributed by atoms with Crippen molar-refractivity contribution in [3.63, 3.8) is 0 Å². The molecular formula is C13H19ClN2O2S. The van der Waals surface area contributed by atoms with Gasteiger partial charge in [0.1, 0.15) is 4.90 Å². The summed E-state index contributed by atoms with van der Waals surface area (Å²) in [6, 6.07) is 6.56. The van der Waals surface area contributed by atoms with Gasteiger partial charge in [0.15, 0.2) is 0 Å². The van der Waals surface area contributed by atoms with Crippen LogP contribution in [0.1, 0.15) is 19.8 Å². The van der Waals surface area contributed by atoms with Crippen LogP contribution in [-0.4, -0.2) is 31.9 Å². The van der Waals surface area contributed by atoms with Gasteiger partial charge in [-0.05, 0) is 37.8 Å². The van der Waals surface area contributed by atoms with Crippen LogP contribution in [0, 0.1) is 5.92 Å². The van der Waals surface area contributed by atoms with Crippen LogP contribution in [0.2, 0.25) is 5.02 Å². The van der Waals surface area contributed by atoms with E-state index in [9.17, 15) is 8.42 Å². The molecule has 106 valence electrons. The first-order chi connectivity index (χ1) is 8.93. The zero-order valence-electron chi connectivity index (χ0n) is 10.9. The van der Waals surface area contributed by atoms with Crippen LogP contribution in [-0.2, 0) is 10.0 Å². The number of nitrogens with two attached hydrogens (primary N) is 1. The first-order valence-corrected chi connectivity index (χ1v) is 8.25. The summed E-state index contributed by atoms with van der Waals surface area (Å²) in [5.74, 6) is 0.214. The Morgan fingerprint density at radius 2 is 2.11 bits per heavy atom. The quantitative estimate of drug-likeness (QED) is 0.930. The molecule has 2 N–H and O–H groups in total. The highest BCUT2D eigenvalue weighted by Crippen LogP contribution is 2.28. The maximum absolute atomic E-state index is 12.6. The van der Waals surface area contributed by atoms with Crippen molar-refractivity contribution in [2.24, 2.45) is 11.7 Å². The van der Waals surface area contributed by atoms with E-state index >= 15 is 0 Å². The summed E-state index contributed by atoms with van der Waals surface area (Å²) in [4.78, 5) is 0.182. The molecule has 0 unspecified atom stereocenters. The van der Waals surface area contributed by atoms with Gasteiger partial charge in [-0.3, -0.25) is 0 Å². The second-order valence-electron chi connectivity index (χ2n) is 5.05. The molecular weight excluding hydrogens is 284 g/mol. The van der Waals surface area contributed by atoms with Crippen molar-refractivity contribution >= 4 is 21.6 Å². The number of benzene rings is 1. The largest absolute Gasteiger partial charge is 0.328 e. The van der Waals surface area contributed by atoms with Crippen molar-refractivity contribution < 1.29 is 8.42 Å². The monoisotopic (exact) mass is 302 g/mol. The Kier molecular flexibility index (Phi) is 4.50. The van der Waals surface area contributed by atoms with Gasteiger partial charge in [-0.25, -0.2) is 8.42 Å². The Hall–Kier alpha value is -0.620. The molecule has 1 heterocycles. The fraction of sp³-hybridized carbons (Fsp3) is 0.538. The van der Waals surface area contributed by atoms with Crippen molar-refractivity contribution in [2.45, 2.75) is 30.7 Å². The maximum atomic E-state index is 12.6. The minimum atomic E-state index is -3.51. The lowest BCUT2D eigenvalue weighted by atomic mass is 9.93. The van der Waals surface area contributed by atoms with Gasteiger partial charge in [0.2, 0.25) is 10.0 Å². The lowest BCUT2D eigenvalue weighted by Gasteiger charge is -2.33. The van der Waals surface area contributed by atoms with E-state index < -0.39 is 10.0 Å². The molecule has 0 amide bonds. The molecule has 0 aromatic heterocycles. The molecule has 1 aliphatic heterocycles. The summed E-state index contributed by atoms with van der Waals surface area (Å²) < 4.78 is 26.7. The lowest BCUT2D eigenvalue weighted by Crippen LogP contribution is -2.45. The smallest absolute Gasteiger partial charge is 0.244 e.